The lowest BCUT2D eigenvalue weighted by Gasteiger charge is -2.39. The number of aromatic nitrogens is 4. The summed E-state index contributed by atoms with van der Waals surface area (Å²) in [5.41, 5.74) is 14.5. The number of nitrogens with zero attached hydrogens (tertiary/aromatic N) is 5. The van der Waals surface area contributed by atoms with Crippen LogP contribution in [0.1, 0.15) is 27.8 Å². The van der Waals surface area contributed by atoms with Crippen LogP contribution in [-0.4, -0.2) is 19.1 Å². The molecule has 0 radical (unpaired) electrons. The van der Waals surface area contributed by atoms with E-state index in [1.807, 2.05) is 42.7 Å². The summed E-state index contributed by atoms with van der Waals surface area (Å²) < 4.78 is 11.7. The Kier molecular flexibility index (Phi) is 6.62. The first-order valence-corrected chi connectivity index (χ1v) is 20.1. The molecule has 1 aliphatic carbocycles. The second-order valence-electron chi connectivity index (χ2n) is 15.7. The largest absolute Gasteiger partial charge is 0.457 e. The maximum Gasteiger partial charge on any atom is 0.134 e. The number of rotatable bonds is 3. The van der Waals surface area contributed by atoms with Gasteiger partial charge in [0.15, 0.2) is 0 Å². The van der Waals surface area contributed by atoms with Gasteiger partial charge in [0.05, 0.1) is 50.5 Å². The van der Waals surface area contributed by atoms with E-state index in [1.54, 1.807) is 0 Å². The summed E-state index contributed by atoms with van der Waals surface area (Å²) in [4.78, 5) is 9.95. The Hall–Kier alpha value is -8.27. The second kappa shape index (κ2) is 12.1. The van der Waals surface area contributed by atoms with E-state index >= 15 is 0 Å². The van der Waals surface area contributed by atoms with Crippen LogP contribution < -0.4 is 4.74 Å². The molecule has 4 aromatic heterocycles. The van der Waals surface area contributed by atoms with Gasteiger partial charge in [0.1, 0.15) is 11.5 Å². The molecule has 0 atom stereocenters. The highest BCUT2D eigenvalue weighted by atomic mass is 16.5. The van der Waals surface area contributed by atoms with Crippen molar-refractivity contribution in [1.29, 1.82) is 5.26 Å². The molecule has 1 aliphatic heterocycles. The maximum absolute atomic E-state index is 9.92. The van der Waals surface area contributed by atoms with Crippen molar-refractivity contribution in [3.63, 3.8) is 0 Å². The lowest BCUT2D eigenvalue weighted by atomic mass is 9.66. The van der Waals surface area contributed by atoms with E-state index in [0.29, 0.717) is 5.56 Å². The number of benzene rings is 7. The predicted octanol–water partition coefficient (Wildman–Crippen LogP) is 12.7. The zero-order chi connectivity index (χ0) is 39.5. The smallest absolute Gasteiger partial charge is 0.134 e. The van der Waals surface area contributed by atoms with Crippen LogP contribution in [0.25, 0.3) is 77.5 Å². The summed E-state index contributed by atoms with van der Waals surface area (Å²) in [6.07, 6.45) is 3.72. The molecule has 7 aromatic carbocycles. The van der Waals surface area contributed by atoms with Crippen molar-refractivity contribution in [1.82, 2.24) is 19.1 Å². The third-order valence-corrected chi connectivity index (χ3v) is 12.7. The van der Waals surface area contributed by atoms with Crippen molar-refractivity contribution in [3.8, 4) is 51.5 Å². The Morgan fingerprint density at radius 2 is 1.03 bits per heavy atom. The van der Waals surface area contributed by atoms with Gasteiger partial charge in [-0.05, 0) is 107 Å². The number of nitriles is 1. The molecule has 0 fully saturated rings. The SMILES string of the molecule is N#Cc1ccc2c(c1)c1cc(-c3ccc4c(c3)C3(c5ccc(-n6c7ccccc7c7ccccc76)cc5O4)c4cccnc4-c4ncccc43)ccc1n2-c1ccccc1. The molecular formula is C54H31N5O. The van der Waals surface area contributed by atoms with Crippen molar-refractivity contribution in [2.24, 2.45) is 0 Å². The van der Waals surface area contributed by atoms with Gasteiger partial charge >= 0.3 is 0 Å². The number of pyridine rings is 2. The molecule has 0 saturated carbocycles. The fourth-order valence-corrected chi connectivity index (χ4v) is 10.2. The quantitative estimate of drug-likeness (QED) is 0.180. The van der Waals surface area contributed by atoms with E-state index in [0.717, 1.165) is 100 Å². The van der Waals surface area contributed by atoms with Crippen molar-refractivity contribution < 1.29 is 4.74 Å². The number of hydrogen-bond acceptors (Lipinski definition) is 4. The monoisotopic (exact) mass is 765 g/mol. The van der Waals surface area contributed by atoms with Crippen LogP contribution in [0.4, 0.5) is 0 Å². The highest BCUT2D eigenvalue weighted by molar-refractivity contribution is 6.11. The average molecular weight is 766 g/mol. The van der Waals surface area contributed by atoms with Crippen molar-refractivity contribution in [2.45, 2.75) is 5.41 Å². The van der Waals surface area contributed by atoms with Gasteiger partial charge in [-0.1, -0.05) is 84.9 Å². The summed E-state index contributed by atoms with van der Waals surface area (Å²) >= 11 is 0. The second-order valence-corrected chi connectivity index (χ2v) is 15.7. The van der Waals surface area contributed by atoms with Gasteiger partial charge in [0, 0.05) is 62.5 Å². The number of ether oxygens (including phenoxy) is 1. The van der Waals surface area contributed by atoms with Gasteiger partial charge in [-0.2, -0.15) is 5.26 Å². The van der Waals surface area contributed by atoms with Gasteiger partial charge in [0.2, 0.25) is 0 Å². The van der Waals surface area contributed by atoms with E-state index in [9.17, 15) is 5.26 Å². The molecule has 13 rings (SSSR count). The summed E-state index contributed by atoms with van der Waals surface area (Å²) in [5.74, 6) is 1.59. The van der Waals surface area contributed by atoms with E-state index in [-0.39, 0.29) is 0 Å². The molecule has 1 spiro atoms. The third-order valence-electron chi connectivity index (χ3n) is 12.7. The first-order valence-electron chi connectivity index (χ1n) is 20.1. The summed E-state index contributed by atoms with van der Waals surface area (Å²) in [5, 5.41) is 14.5. The van der Waals surface area contributed by atoms with Gasteiger partial charge in [-0.15, -0.1) is 0 Å². The van der Waals surface area contributed by atoms with Gasteiger partial charge in [0.25, 0.3) is 0 Å². The van der Waals surface area contributed by atoms with Crippen molar-refractivity contribution in [2.75, 3.05) is 0 Å². The molecule has 6 heteroatoms. The van der Waals surface area contributed by atoms with Crippen LogP contribution in [0, 0.1) is 11.3 Å². The molecule has 5 heterocycles. The number of para-hydroxylation sites is 3. The van der Waals surface area contributed by atoms with Gasteiger partial charge in [-0.3, -0.25) is 9.97 Å². The summed E-state index contributed by atoms with van der Waals surface area (Å²) in [6.45, 7) is 0. The Labute approximate surface area is 344 Å². The maximum atomic E-state index is 9.92. The molecule has 60 heavy (non-hydrogen) atoms. The lowest BCUT2D eigenvalue weighted by molar-refractivity contribution is 0.436. The fourth-order valence-electron chi connectivity index (χ4n) is 10.2. The third kappa shape index (κ3) is 4.30. The Morgan fingerprint density at radius 3 is 1.75 bits per heavy atom. The van der Waals surface area contributed by atoms with Crippen LogP contribution in [0.15, 0.2) is 188 Å². The van der Waals surface area contributed by atoms with Crippen molar-refractivity contribution in [3.05, 3.63) is 216 Å². The molecule has 0 N–H and O–H groups in total. The molecule has 0 saturated heterocycles. The number of fused-ring (bicyclic) bond motifs is 15. The van der Waals surface area contributed by atoms with Crippen molar-refractivity contribution >= 4 is 43.6 Å². The van der Waals surface area contributed by atoms with Crippen LogP contribution >= 0.6 is 0 Å². The van der Waals surface area contributed by atoms with E-state index in [4.69, 9.17) is 14.7 Å². The molecule has 0 amide bonds. The standard InChI is InChI=1S/C54H31N5O/c55-32-33-18-23-48-40(28-33)41-29-34(19-24-49(41)58(48)36-10-2-1-3-11-36)35-20-25-50-45(30-35)54(43-14-8-26-56-52(43)53-44(54)15-9-27-57-53)42-22-21-37(31-51(42)60-50)59-46-16-6-4-12-38(46)39-13-5-7-17-47(39)59/h1-31H. The minimum atomic E-state index is -0.749. The molecular weight excluding hydrogens is 735 g/mol. The van der Waals surface area contributed by atoms with E-state index in [1.165, 1.54) is 10.8 Å². The van der Waals surface area contributed by atoms with Crippen LogP contribution in [0.5, 0.6) is 11.5 Å². The molecule has 0 bridgehead atoms. The van der Waals surface area contributed by atoms with Crippen LogP contribution in [0.3, 0.4) is 0 Å². The van der Waals surface area contributed by atoms with Crippen LogP contribution in [0.2, 0.25) is 0 Å². The molecule has 6 nitrogen and oxygen atoms in total. The number of hydrogen-bond donors (Lipinski definition) is 0. The zero-order valence-electron chi connectivity index (χ0n) is 32.0. The van der Waals surface area contributed by atoms with Crippen LogP contribution in [-0.2, 0) is 5.41 Å². The minimum absolute atomic E-state index is 0.633. The summed E-state index contributed by atoms with van der Waals surface area (Å²) in [7, 11) is 0. The molecule has 2 aliphatic rings. The minimum Gasteiger partial charge on any atom is -0.457 e. The zero-order valence-corrected chi connectivity index (χ0v) is 32.0. The van der Waals surface area contributed by atoms with Gasteiger partial charge in [-0.25, -0.2) is 0 Å². The molecule has 11 aromatic rings. The molecule has 0 unspecified atom stereocenters. The van der Waals surface area contributed by atoms with Gasteiger partial charge < -0.3 is 13.9 Å². The summed E-state index contributed by atoms with van der Waals surface area (Å²) in [6, 6.07) is 64.3. The van der Waals surface area contributed by atoms with E-state index < -0.39 is 5.41 Å². The fraction of sp³-hybridized carbons (Fsp3) is 0.0185. The first-order chi connectivity index (χ1) is 29.7. The predicted molar refractivity (Wildman–Crippen MR) is 238 cm³/mol. The Bertz CT molecular complexity index is 3570. The highest BCUT2D eigenvalue weighted by Gasteiger charge is 2.52. The van der Waals surface area contributed by atoms with E-state index in [2.05, 4.69) is 161 Å². The highest BCUT2D eigenvalue weighted by Crippen LogP contribution is 2.62. The Morgan fingerprint density at radius 1 is 0.433 bits per heavy atom. The first kappa shape index (κ1) is 32.8. The topological polar surface area (TPSA) is 68.7 Å². The average Bonchev–Trinajstić information content (AvgIpc) is 3.93. The Balaban J connectivity index is 1.05. The lowest BCUT2D eigenvalue weighted by Crippen LogP contribution is -2.32. The normalized spacial score (nSPS) is 13.2. The molecule has 278 valence electrons.